The Balaban J connectivity index is 2.42. The van der Waals surface area contributed by atoms with Gasteiger partial charge >= 0.3 is 0 Å². The molecule has 70 valence electrons. The summed E-state index contributed by atoms with van der Waals surface area (Å²) in [6.45, 7) is 4.61. The van der Waals surface area contributed by atoms with Gasteiger partial charge in [0, 0.05) is 0 Å². The van der Waals surface area contributed by atoms with Gasteiger partial charge in [0.2, 0.25) is 0 Å². The van der Waals surface area contributed by atoms with Crippen LogP contribution in [-0.4, -0.2) is 0 Å². The Hall–Kier alpha value is -0.550. The lowest BCUT2D eigenvalue weighted by atomic mass is 9.97. The van der Waals surface area contributed by atoms with Crippen molar-refractivity contribution < 1.29 is 4.52 Å². The molecule has 1 aliphatic carbocycles. The molecule has 1 aromatic carbocycles. The van der Waals surface area contributed by atoms with E-state index in [-0.39, 0.29) is 0 Å². The lowest BCUT2D eigenvalue weighted by Gasteiger charge is -2.09. The SMILES string of the molecule is CC1Cc2ccc(OP)cc2C1C. The molecule has 0 saturated heterocycles. The molecular formula is C11H15OP. The van der Waals surface area contributed by atoms with Gasteiger partial charge in [-0.1, -0.05) is 19.9 Å². The second kappa shape index (κ2) is 3.31. The van der Waals surface area contributed by atoms with Crippen molar-refractivity contribution >= 4 is 9.47 Å². The van der Waals surface area contributed by atoms with Crippen LogP contribution in [0.3, 0.4) is 0 Å². The van der Waals surface area contributed by atoms with Gasteiger partial charge in [0.1, 0.15) is 5.75 Å². The fourth-order valence-electron chi connectivity index (χ4n) is 2.09. The van der Waals surface area contributed by atoms with Crippen molar-refractivity contribution in [2.24, 2.45) is 5.92 Å². The summed E-state index contributed by atoms with van der Waals surface area (Å²) in [5, 5.41) is 0. The predicted molar refractivity (Wildman–Crippen MR) is 58.1 cm³/mol. The van der Waals surface area contributed by atoms with E-state index in [1.807, 2.05) is 6.07 Å². The number of hydrogen-bond donors (Lipinski definition) is 0. The van der Waals surface area contributed by atoms with Crippen LogP contribution >= 0.6 is 9.47 Å². The van der Waals surface area contributed by atoms with Gasteiger partial charge in [-0.05, 0) is 41.5 Å². The van der Waals surface area contributed by atoms with Gasteiger partial charge in [-0.2, -0.15) is 0 Å². The van der Waals surface area contributed by atoms with E-state index in [0.29, 0.717) is 5.92 Å². The van der Waals surface area contributed by atoms with Crippen molar-refractivity contribution in [1.82, 2.24) is 0 Å². The Kier molecular flexibility index (Phi) is 2.29. The first-order valence-corrected chi connectivity index (χ1v) is 5.19. The van der Waals surface area contributed by atoms with E-state index in [2.05, 4.69) is 35.4 Å². The summed E-state index contributed by atoms with van der Waals surface area (Å²) in [7, 11) is 2.29. The summed E-state index contributed by atoms with van der Waals surface area (Å²) in [4.78, 5) is 0. The third-order valence-electron chi connectivity index (χ3n) is 3.14. The van der Waals surface area contributed by atoms with Gasteiger partial charge in [0.15, 0.2) is 0 Å². The highest BCUT2D eigenvalue weighted by molar-refractivity contribution is 7.10. The highest BCUT2D eigenvalue weighted by Gasteiger charge is 2.25. The molecule has 0 bridgehead atoms. The van der Waals surface area contributed by atoms with Crippen LogP contribution in [0.4, 0.5) is 0 Å². The van der Waals surface area contributed by atoms with E-state index in [0.717, 1.165) is 11.7 Å². The summed E-state index contributed by atoms with van der Waals surface area (Å²) >= 11 is 0. The average molecular weight is 194 g/mol. The van der Waals surface area contributed by atoms with Crippen molar-refractivity contribution in [1.29, 1.82) is 0 Å². The number of hydrogen-bond acceptors (Lipinski definition) is 1. The molecule has 0 saturated carbocycles. The molecule has 0 spiro atoms. The number of benzene rings is 1. The van der Waals surface area contributed by atoms with E-state index in [1.165, 1.54) is 17.5 Å². The molecule has 0 amide bonds. The largest absolute Gasteiger partial charge is 0.480 e. The predicted octanol–water partition coefficient (Wildman–Crippen LogP) is 3.15. The Morgan fingerprint density at radius 1 is 1.38 bits per heavy atom. The maximum absolute atomic E-state index is 5.14. The summed E-state index contributed by atoms with van der Waals surface area (Å²) in [5.74, 6) is 2.40. The monoisotopic (exact) mass is 194 g/mol. The maximum Gasteiger partial charge on any atom is 0.122 e. The summed E-state index contributed by atoms with van der Waals surface area (Å²) < 4.78 is 5.14. The topological polar surface area (TPSA) is 9.23 Å². The fraction of sp³-hybridized carbons (Fsp3) is 0.455. The minimum atomic E-state index is 0.676. The molecule has 0 heterocycles. The van der Waals surface area contributed by atoms with Crippen LogP contribution in [0.2, 0.25) is 0 Å². The van der Waals surface area contributed by atoms with Crippen LogP contribution < -0.4 is 4.52 Å². The molecule has 3 unspecified atom stereocenters. The molecule has 2 heteroatoms. The first-order chi connectivity index (χ1) is 6.22. The third kappa shape index (κ3) is 1.46. The van der Waals surface area contributed by atoms with Gasteiger partial charge in [0.25, 0.3) is 0 Å². The van der Waals surface area contributed by atoms with Gasteiger partial charge in [-0.25, -0.2) is 0 Å². The smallest absolute Gasteiger partial charge is 0.122 e. The van der Waals surface area contributed by atoms with Gasteiger partial charge < -0.3 is 4.52 Å². The van der Waals surface area contributed by atoms with Gasteiger partial charge in [-0.3, -0.25) is 0 Å². The van der Waals surface area contributed by atoms with E-state index in [1.54, 1.807) is 0 Å². The fourth-order valence-corrected chi connectivity index (χ4v) is 2.23. The van der Waals surface area contributed by atoms with Crippen molar-refractivity contribution in [3.8, 4) is 5.75 Å². The third-order valence-corrected chi connectivity index (χ3v) is 3.41. The zero-order valence-electron chi connectivity index (χ0n) is 8.08. The molecule has 0 radical (unpaired) electrons. The summed E-state index contributed by atoms with van der Waals surface area (Å²) in [5.41, 5.74) is 2.96. The molecule has 0 aromatic heterocycles. The zero-order valence-corrected chi connectivity index (χ0v) is 9.23. The lowest BCUT2D eigenvalue weighted by molar-refractivity contribution is 0.531. The molecule has 2 rings (SSSR count). The minimum Gasteiger partial charge on any atom is -0.480 e. The Morgan fingerprint density at radius 3 is 2.85 bits per heavy atom. The van der Waals surface area contributed by atoms with Crippen molar-refractivity contribution in [3.63, 3.8) is 0 Å². The molecule has 3 atom stereocenters. The maximum atomic E-state index is 5.14. The van der Waals surface area contributed by atoms with Crippen LogP contribution in [0.15, 0.2) is 18.2 Å². The first kappa shape index (κ1) is 9.02. The van der Waals surface area contributed by atoms with Crippen LogP contribution in [0.1, 0.15) is 30.9 Å². The Bertz CT molecular complexity index is 322. The molecule has 13 heavy (non-hydrogen) atoms. The van der Waals surface area contributed by atoms with Crippen LogP contribution in [-0.2, 0) is 6.42 Å². The molecule has 0 N–H and O–H groups in total. The molecule has 0 fully saturated rings. The molecule has 0 aliphatic heterocycles. The molecule has 1 aliphatic rings. The second-order valence-corrected chi connectivity index (χ2v) is 4.18. The Morgan fingerprint density at radius 2 is 2.15 bits per heavy atom. The molecule has 1 nitrogen and oxygen atoms in total. The Labute approximate surface area is 81.8 Å². The highest BCUT2D eigenvalue weighted by Crippen LogP contribution is 2.39. The van der Waals surface area contributed by atoms with E-state index < -0.39 is 0 Å². The molecular weight excluding hydrogens is 179 g/mol. The van der Waals surface area contributed by atoms with Crippen LogP contribution in [0.25, 0.3) is 0 Å². The zero-order chi connectivity index (χ0) is 9.42. The lowest BCUT2D eigenvalue weighted by Crippen LogP contribution is -1.97. The van der Waals surface area contributed by atoms with Gasteiger partial charge in [-0.15, -0.1) is 0 Å². The second-order valence-electron chi connectivity index (χ2n) is 3.95. The summed E-state index contributed by atoms with van der Waals surface area (Å²) in [6.07, 6.45) is 1.22. The van der Waals surface area contributed by atoms with Gasteiger partial charge in [0.05, 0.1) is 9.47 Å². The quantitative estimate of drug-likeness (QED) is 0.624. The van der Waals surface area contributed by atoms with Crippen molar-refractivity contribution in [3.05, 3.63) is 29.3 Å². The average Bonchev–Trinajstić information content (AvgIpc) is 2.43. The van der Waals surface area contributed by atoms with E-state index >= 15 is 0 Å². The van der Waals surface area contributed by atoms with E-state index in [9.17, 15) is 0 Å². The minimum absolute atomic E-state index is 0.676. The standard InChI is InChI=1S/C11H15OP/c1-7-5-9-3-4-10(12-13)6-11(9)8(7)2/h3-4,6-8H,5,13H2,1-2H3. The van der Waals surface area contributed by atoms with Crippen molar-refractivity contribution in [2.45, 2.75) is 26.2 Å². The first-order valence-electron chi connectivity index (χ1n) is 4.72. The highest BCUT2D eigenvalue weighted by atomic mass is 31.0. The van der Waals surface area contributed by atoms with Crippen LogP contribution in [0.5, 0.6) is 5.75 Å². The van der Waals surface area contributed by atoms with E-state index in [4.69, 9.17) is 4.52 Å². The molecule has 1 aromatic rings. The van der Waals surface area contributed by atoms with Crippen molar-refractivity contribution in [2.75, 3.05) is 0 Å². The normalized spacial score (nSPS) is 25.8. The van der Waals surface area contributed by atoms with Crippen LogP contribution in [0, 0.1) is 5.92 Å². The summed E-state index contributed by atoms with van der Waals surface area (Å²) in [6, 6.07) is 6.39. The number of rotatable bonds is 1. The number of fused-ring (bicyclic) bond motifs is 1.